The van der Waals surface area contributed by atoms with Crippen molar-refractivity contribution < 1.29 is 9.53 Å². The Morgan fingerprint density at radius 3 is 2.65 bits per heavy atom. The summed E-state index contributed by atoms with van der Waals surface area (Å²) in [6, 6.07) is -0.678. The highest BCUT2D eigenvalue weighted by molar-refractivity contribution is 7.18. The van der Waals surface area contributed by atoms with Gasteiger partial charge in [-0.25, -0.2) is 9.78 Å². The van der Waals surface area contributed by atoms with Gasteiger partial charge in [0.1, 0.15) is 10.9 Å². The number of aryl methyl sites for hydroxylation is 1. The second-order valence-corrected chi connectivity index (χ2v) is 9.69. The van der Waals surface area contributed by atoms with Crippen LogP contribution in [0.15, 0.2) is 11.1 Å². The fourth-order valence-electron chi connectivity index (χ4n) is 3.64. The van der Waals surface area contributed by atoms with Crippen molar-refractivity contribution in [3.63, 3.8) is 0 Å². The molecule has 2 heterocycles. The van der Waals surface area contributed by atoms with E-state index in [9.17, 15) is 9.59 Å². The molecule has 3 rings (SSSR count). The number of fused-ring (bicyclic) bond motifs is 3. The molecule has 0 fully saturated rings. The minimum absolute atomic E-state index is 0.130. The van der Waals surface area contributed by atoms with Crippen molar-refractivity contribution in [3.8, 4) is 0 Å². The maximum atomic E-state index is 13.1. The molecular weight excluding hydrogens is 348 g/mol. The standard InChI is InChI=1S/C20H28N2O3S/c1-11(2)25-19(24)12(3)22-10-21-17-16(18(22)23)14-8-7-13(20(4,5)6)9-15(14)26-17/h10-13H,7-9H2,1-6H3. The van der Waals surface area contributed by atoms with E-state index in [0.717, 1.165) is 29.7 Å². The topological polar surface area (TPSA) is 61.2 Å². The van der Waals surface area contributed by atoms with Crippen LogP contribution in [0.25, 0.3) is 10.2 Å². The first-order valence-electron chi connectivity index (χ1n) is 9.31. The lowest BCUT2D eigenvalue weighted by Crippen LogP contribution is -2.31. The molecule has 0 saturated heterocycles. The molecule has 26 heavy (non-hydrogen) atoms. The van der Waals surface area contributed by atoms with Crippen LogP contribution in [-0.2, 0) is 22.4 Å². The average molecular weight is 377 g/mol. The van der Waals surface area contributed by atoms with Gasteiger partial charge in [0.05, 0.1) is 17.8 Å². The summed E-state index contributed by atoms with van der Waals surface area (Å²) in [6.07, 6.45) is 4.27. The van der Waals surface area contributed by atoms with Crippen LogP contribution in [0, 0.1) is 11.3 Å². The Labute approximate surface area is 158 Å². The SMILES string of the molecule is CC(C)OC(=O)C(C)n1cnc2sc3c(c2c1=O)CCC(C(C)(C)C)C3. The van der Waals surface area contributed by atoms with E-state index in [1.165, 1.54) is 15.8 Å². The van der Waals surface area contributed by atoms with Crippen molar-refractivity contribution in [2.24, 2.45) is 11.3 Å². The molecule has 0 amide bonds. The summed E-state index contributed by atoms with van der Waals surface area (Å²) in [6.45, 7) is 12.1. The number of hydrogen-bond donors (Lipinski definition) is 0. The van der Waals surface area contributed by atoms with E-state index in [1.54, 1.807) is 32.1 Å². The van der Waals surface area contributed by atoms with E-state index in [-0.39, 0.29) is 17.1 Å². The molecule has 2 unspecified atom stereocenters. The largest absolute Gasteiger partial charge is 0.461 e. The van der Waals surface area contributed by atoms with E-state index in [0.29, 0.717) is 11.3 Å². The zero-order valence-corrected chi connectivity index (χ0v) is 17.3. The molecule has 0 radical (unpaired) electrons. The number of ether oxygens (including phenoxy) is 1. The van der Waals surface area contributed by atoms with Gasteiger partial charge < -0.3 is 4.74 Å². The first kappa shape index (κ1) is 19.1. The Kier molecular flexibility index (Phi) is 4.99. The lowest BCUT2D eigenvalue weighted by molar-refractivity contribution is -0.151. The second kappa shape index (κ2) is 6.80. The summed E-state index contributed by atoms with van der Waals surface area (Å²) < 4.78 is 6.67. The number of esters is 1. The molecule has 0 bridgehead atoms. The molecule has 142 valence electrons. The summed E-state index contributed by atoms with van der Waals surface area (Å²) in [5.74, 6) is 0.213. The summed E-state index contributed by atoms with van der Waals surface area (Å²) in [5.41, 5.74) is 1.27. The van der Waals surface area contributed by atoms with Gasteiger partial charge in [-0.2, -0.15) is 0 Å². The quantitative estimate of drug-likeness (QED) is 0.756. The van der Waals surface area contributed by atoms with Gasteiger partial charge in [-0.1, -0.05) is 20.8 Å². The molecule has 5 nitrogen and oxygen atoms in total. The second-order valence-electron chi connectivity index (χ2n) is 8.61. The Morgan fingerprint density at radius 1 is 1.35 bits per heavy atom. The maximum Gasteiger partial charge on any atom is 0.329 e. The van der Waals surface area contributed by atoms with E-state index < -0.39 is 12.0 Å². The number of nitrogens with zero attached hydrogens (tertiary/aromatic N) is 2. The van der Waals surface area contributed by atoms with Gasteiger partial charge >= 0.3 is 5.97 Å². The van der Waals surface area contributed by atoms with Gasteiger partial charge in [-0.15, -0.1) is 11.3 Å². The predicted molar refractivity (Wildman–Crippen MR) is 105 cm³/mol. The number of carbonyl (C=O) groups excluding carboxylic acids is 1. The van der Waals surface area contributed by atoms with Crippen LogP contribution in [0.5, 0.6) is 0 Å². The molecule has 2 aromatic heterocycles. The molecular formula is C20H28N2O3S. The predicted octanol–water partition coefficient (Wildman–Crippen LogP) is 4.12. The average Bonchev–Trinajstić information content (AvgIpc) is 2.91. The van der Waals surface area contributed by atoms with Gasteiger partial charge in [-0.05, 0) is 56.9 Å². The number of hydrogen-bond acceptors (Lipinski definition) is 5. The Bertz CT molecular complexity index is 889. The van der Waals surface area contributed by atoms with Crippen LogP contribution >= 0.6 is 11.3 Å². The monoisotopic (exact) mass is 376 g/mol. The summed E-state index contributed by atoms with van der Waals surface area (Å²) >= 11 is 1.63. The fourth-order valence-corrected chi connectivity index (χ4v) is 4.90. The number of rotatable bonds is 3. The first-order chi connectivity index (χ1) is 12.1. The molecule has 0 spiro atoms. The molecule has 0 aromatic carbocycles. The minimum atomic E-state index is -0.678. The van der Waals surface area contributed by atoms with E-state index in [4.69, 9.17) is 4.74 Å². The molecule has 6 heteroatoms. The number of thiophene rings is 1. The van der Waals surface area contributed by atoms with Crippen molar-refractivity contribution in [1.82, 2.24) is 9.55 Å². The lowest BCUT2D eigenvalue weighted by Gasteiger charge is -2.33. The lowest BCUT2D eigenvalue weighted by atomic mass is 9.72. The molecule has 0 aliphatic heterocycles. The maximum absolute atomic E-state index is 13.1. The molecule has 2 atom stereocenters. The van der Waals surface area contributed by atoms with Gasteiger partial charge in [0.25, 0.3) is 5.56 Å². The third-order valence-electron chi connectivity index (χ3n) is 5.33. The third kappa shape index (κ3) is 3.43. The van der Waals surface area contributed by atoms with Crippen molar-refractivity contribution in [2.75, 3.05) is 0 Å². The Balaban J connectivity index is 2.01. The third-order valence-corrected chi connectivity index (χ3v) is 6.49. The van der Waals surface area contributed by atoms with Crippen molar-refractivity contribution >= 4 is 27.5 Å². The van der Waals surface area contributed by atoms with Crippen LogP contribution in [0.3, 0.4) is 0 Å². The molecule has 1 aliphatic rings. The zero-order chi connectivity index (χ0) is 19.2. The molecule has 2 aromatic rings. The highest BCUT2D eigenvalue weighted by atomic mass is 32.1. The number of carbonyl (C=O) groups is 1. The Morgan fingerprint density at radius 2 is 2.04 bits per heavy atom. The van der Waals surface area contributed by atoms with Crippen LogP contribution in [0.2, 0.25) is 0 Å². The molecule has 0 N–H and O–H groups in total. The highest BCUT2D eigenvalue weighted by Crippen LogP contribution is 2.42. The van der Waals surface area contributed by atoms with Gasteiger partial charge in [-0.3, -0.25) is 9.36 Å². The van der Waals surface area contributed by atoms with E-state index in [1.807, 2.05) is 0 Å². The van der Waals surface area contributed by atoms with E-state index in [2.05, 4.69) is 25.8 Å². The van der Waals surface area contributed by atoms with Crippen molar-refractivity contribution in [1.29, 1.82) is 0 Å². The normalized spacial score (nSPS) is 18.8. The summed E-state index contributed by atoms with van der Waals surface area (Å²) in [4.78, 5) is 31.9. The highest BCUT2D eigenvalue weighted by Gasteiger charge is 2.32. The Hall–Kier alpha value is -1.69. The van der Waals surface area contributed by atoms with Gasteiger partial charge in [0.15, 0.2) is 0 Å². The molecule has 0 saturated carbocycles. The first-order valence-corrected chi connectivity index (χ1v) is 10.1. The van der Waals surface area contributed by atoms with Crippen LogP contribution < -0.4 is 5.56 Å². The van der Waals surface area contributed by atoms with Gasteiger partial charge in [0, 0.05) is 4.88 Å². The zero-order valence-electron chi connectivity index (χ0n) is 16.5. The number of aromatic nitrogens is 2. The van der Waals surface area contributed by atoms with Crippen molar-refractivity contribution in [3.05, 3.63) is 27.1 Å². The summed E-state index contributed by atoms with van der Waals surface area (Å²) in [5, 5.41) is 0.698. The van der Waals surface area contributed by atoms with E-state index >= 15 is 0 Å². The van der Waals surface area contributed by atoms with Crippen LogP contribution in [0.4, 0.5) is 0 Å². The van der Waals surface area contributed by atoms with Crippen LogP contribution in [-0.4, -0.2) is 21.6 Å². The fraction of sp³-hybridized carbons (Fsp3) is 0.650. The van der Waals surface area contributed by atoms with Gasteiger partial charge in [0.2, 0.25) is 0 Å². The smallest absolute Gasteiger partial charge is 0.329 e. The molecule has 1 aliphatic carbocycles. The van der Waals surface area contributed by atoms with Crippen molar-refractivity contribution in [2.45, 2.75) is 73.0 Å². The van der Waals surface area contributed by atoms with Crippen LogP contribution in [0.1, 0.15) is 64.4 Å². The minimum Gasteiger partial charge on any atom is -0.461 e. The summed E-state index contributed by atoms with van der Waals surface area (Å²) in [7, 11) is 0.